The first kappa shape index (κ1) is 12.9. The van der Waals surface area contributed by atoms with E-state index >= 15 is 0 Å². The maximum Gasteiger partial charge on any atom is 0.0774 e. The first-order valence-electron chi connectivity index (χ1n) is 7.87. The van der Waals surface area contributed by atoms with Gasteiger partial charge < -0.3 is 5.11 Å². The Hall–Kier alpha value is -0.120. The van der Waals surface area contributed by atoms with E-state index in [0.29, 0.717) is 6.04 Å². The molecule has 3 heteroatoms. The molecule has 0 aromatic rings. The van der Waals surface area contributed by atoms with E-state index in [2.05, 4.69) is 9.80 Å². The van der Waals surface area contributed by atoms with Crippen LogP contribution in [0, 0.1) is 0 Å². The molecule has 0 radical (unpaired) electrons. The minimum absolute atomic E-state index is 0.423. The van der Waals surface area contributed by atoms with Gasteiger partial charge in [-0.3, -0.25) is 9.80 Å². The van der Waals surface area contributed by atoms with Crippen LogP contribution in [0.4, 0.5) is 0 Å². The van der Waals surface area contributed by atoms with E-state index in [1.807, 2.05) is 6.92 Å². The minimum Gasteiger partial charge on any atom is -0.389 e. The summed E-state index contributed by atoms with van der Waals surface area (Å²) in [5.74, 6) is 0. The van der Waals surface area contributed by atoms with Crippen LogP contribution in [0.2, 0.25) is 0 Å². The Morgan fingerprint density at radius 2 is 1.72 bits per heavy atom. The maximum absolute atomic E-state index is 10.5. The Labute approximate surface area is 111 Å². The quantitative estimate of drug-likeness (QED) is 0.812. The van der Waals surface area contributed by atoms with Crippen LogP contribution in [0.3, 0.4) is 0 Å². The maximum atomic E-state index is 10.5. The second kappa shape index (κ2) is 5.10. The highest BCUT2D eigenvalue weighted by atomic mass is 16.3. The predicted molar refractivity (Wildman–Crippen MR) is 73.7 cm³/mol. The van der Waals surface area contributed by atoms with Crippen molar-refractivity contribution in [3.05, 3.63) is 0 Å². The summed E-state index contributed by atoms with van der Waals surface area (Å²) in [6.45, 7) is 7.04. The lowest BCUT2D eigenvalue weighted by molar-refractivity contribution is -0.00757. The smallest absolute Gasteiger partial charge is 0.0774 e. The third-order valence-electron chi connectivity index (χ3n) is 5.42. The summed E-state index contributed by atoms with van der Waals surface area (Å²) in [7, 11) is 0. The zero-order valence-electron chi connectivity index (χ0n) is 11.8. The van der Waals surface area contributed by atoms with Crippen molar-refractivity contribution >= 4 is 0 Å². The molecule has 3 aliphatic rings. The molecule has 1 N–H and O–H groups in total. The number of piperidine rings is 1. The van der Waals surface area contributed by atoms with E-state index in [0.717, 1.165) is 12.5 Å². The van der Waals surface area contributed by atoms with Crippen molar-refractivity contribution in [2.75, 3.05) is 26.2 Å². The fourth-order valence-corrected chi connectivity index (χ4v) is 4.34. The monoisotopic (exact) mass is 252 g/mol. The highest BCUT2D eigenvalue weighted by Gasteiger charge is 2.43. The van der Waals surface area contributed by atoms with Gasteiger partial charge >= 0.3 is 0 Å². The molecule has 0 aromatic heterocycles. The Morgan fingerprint density at radius 1 is 0.944 bits per heavy atom. The lowest BCUT2D eigenvalue weighted by Crippen LogP contribution is -2.48. The predicted octanol–water partition coefficient (Wildman–Crippen LogP) is 1.85. The molecule has 3 fully saturated rings. The van der Waals surface area contributed by atoms with Crippen LogP contribution in [-0.2, 0) is 0 Å². The summed E-state index contributed by atoms with van der Waals surface area (Å²) < 4.78 is 0. The average molecular weight is 252 g/mol. The minimum atomic E-state index is -0.434. The summed E-state index contributed by atoms with van der Waals surface area (Å²) in [6, 6.07) is 1.19. The van der Waals surface area contributed by atoms with E-state index in [1.54, 1.807) is 0 Å². The van der Waals surface area contributed by atoms with Gasteiger partial charge in [-0.1, -0.05) is 6.42 Å². The first-order chi connectivity index (χ1) is 8.67. The molecule has 2 aliphatic heterocycles. The summed E-state index contributed by atoms with van der Waals surface area (Å²) in [4.78, 5) is 5.28. The Balaban J connectivity index is 1.57. The van der Waals surface area contributed by atoms with Crippen LogP contribution >= 0.6 is 0 Å². The fraction of sp³-hybridized carbons (Fsp3) is 1.00. The fourth-order valence-electron chi connectivity index (χ4n) is 4.34. The Bertz CT molecular complexity index is 286. The van der Waals surface area contributed by atoms with Crippen LogP contribution in [0.15, 0.2) is 0 Å². The standard InChI is InChI=1S/C15H28N2O/c1-15(18)8-5-6-14(15)17-11-7-13(12-17)16-9-3-2-4-10-16/h13-14,18H,2-12H2,1H3. The first-order valence-corrected chi connectivity index (χ1v) is 7.87. The molecule has 2 heterocycles. The van der Waals surface area contributed by atoms with Gasteiger partial charge in [-0.2, -0.15) is 0 Å². The molecule has 3 nitrogen and oxygen atoms in total. The van der Waals surface area contributed by atoms with E-state index < -0.39 is 5.60 Å². The van der Waals surface area contributed by atoms with Crippen molar-refractivity contribution in [3.63, 3.8) is 0 Å². The topological polar surface area (TPSA) is 26.7 Å². The van der Waals surface area contributed by atoms with Gasteiger partial charge in [0.15, 0.2) is 0 Å². The molecule has 3 rings (SSSR count). The second-order valence-electron chi connectivity index (χ2n) is 6.80. The number of hydrogen-bond donors (Lipinski definition) is 1. The number of hydrogen-bond acceptors (Lipinski definition) is 3. The van der Waals surface area contributed by atoms with Crippen molar-refractivity contribution in [2.24, 2.45) is 0 Å². The van der Waals surface area contributed by atoms with E-state index in [1.165, 1.54) is 64.7 Å². The number of aliphatic hydroxyl groups is 1. The molecule has 3 atom stereocenters. The van der Waals surface area contributed by atoms with Gasteiger partial charge in [0.1, 0.15) is 0 Å². The average Bonchev–Trinajstić information content (AvgIpc) is 2.96. The van der Waals surface area contributed by atoms with Gasteiger partial charge in [0, 0.05) is 25.2 Å². The zero-order chi connectivity index (χ0) is 12.6. The zero-order valence-corrected chi connectivity index (χ0v) is 11.8. The van der Waals surface area contributed by atoms with E-state index in [4.69, 9.17) is 0 Å². The van der Waals surface area contributed by atoms with Gasteiger partial charge in [-0.15, -0.1) is 0 Å². The lowest BCUT2D eigenvalue weighted by Gasteiger charge is -2.36. The van der Waals surface area contributed by atoms with Crippen LogP contribution < -0.4 is 0 Å². The molecule has 0 bridgehead atoms. The second-order valence-corrected chi connectivity index (χ2v) is 6.80. The molecule has 104 valence electrons. The molecule has 0 spiro atoms. The van der Waals surface area contributed by atoms with Crippen LogP contribution in [0.5, 0.6) is 0 Å². The molecule has 1 aliphatic carbocycles. The molecule has 1 saturated carbocycles. The molecule has 2 saturated heterocycles. The van der Waals surface area contributed by atoms with Gasteiger partial charge in [0.2, 0.25) is 0 Å². The van der Waals surface area contributed by atoms with Crippen LogP contribution in [0.1, 0.15) is 51.9 Å². The van der Waals surface area contributed by atoms with Gasteiger partial charge in [0.05, 0.1) is 5.60 Å². The normalized spacial score (nSPS) is 43.7. The van der Waals surface area contributed by atoms with Crippen molar-refractivity contribution in [1.82, 2.24) is 9.80 Å². The summed E-state index contributed by atoms with van der Waals surface area (Å²) in [5.41, 5.74) is -0.434. The Morgan fingerprint density at radius 3 is 2.39 bits per heavy atom. The van der Waals surface area contributed by atoms with Gasteiger partial charge in [-0.05, 0) is 58.5 Å². The van der Waals surface area contributed by atoms with Crippen LogP contribution in [0.25, 0.3) is 0 Å². The largest absolute Gasteiger partial charge is 0.389 e. The molecule has 18 heavy (non-hydrogen) atoms. The van der Waals surface area contributed by atoms with Crippen molar-refractivity contribution in [1.29, 1.82) is 0 Å². The Kier molecular flexibility index (Phi) is 3.65. The SMILES string of the molecule is CC1(O)CCCC1N1CCC(N2CCCCC2)C1. The molecule has 0 aromatic carbocycles. The number of nitrogens with zero attached hydrogens (tertiary/aromatic N) is 2. The van der Waals surface area contributed by atoms with Gasteiger partial charge in [0.25, 0.3) is 0 Å². The summed E-state index contributed by atoms with van der Waals surface area (Å²) in [5, 5.41) is 10.5. The molecular weight excluding hydrogens is 224 g/mol. The molecule has 0 amide bonds. The van der Waals surface area contributed by atoms with Crippen LogP contribution in [-0.4, -0.2) is 58.8 Å². The lowest BCUT2D eigenvalue weighted by atomic mass is 9.99. The van der Waals surface area contributed by atoms with Crippen molar-refractivity contribution < 1.29 is 5.11 Å². The van der Waals surface area contributed by atoms with E-state index in [9.17, 15) is 5.11 Å². The third-order valence-corrected chi connectivity index (χ3v) is 5.42. The summed E-state index contributed by atoms with van der Waals surface area (Å²) in [6.07, 6.45) is 8.89. The van der Waals surface area contributed by atoms with Crippen molar-refractivity contribution in [2.45, 2.75) is 69.6 Å². The number of rotatable bonds is 2. The molecule has 3 unspecified atom stereocenters. The molecular formula is C15H28N2O. The van der Waals surface area contributed by atoms with Gasteiger partial charge in [-0.25, -0.2) is 0 Å². The number of likely N-dealkylation sites (tertiary alicyclic amines) is 2. The highest BCUT2D eigenvalue weighted by molar-refractivity contribution is 4.99. The highest BCUT2D eigenvalue weighted by Crippen LogP contribution is 2.35. The van der Waals surface area contributed by atoms with Crippen molar-refractivity contribution in [3.8, 4) is 0 Å². The summed E-state index contributed by atoms with van der Waals surface area (Å²) >= 11 is 0. The third kappa shape index (κ3) is 2.45. The van der Waals surface area contributed by atoms with E-state index in [-0.39, 0.29) is 0 Å².